The van der Waals surface area contributed by atoms with E-state index in [9.17, 15) is 8.78 Å². The standard InChI is InChI=1S/C8H11F2N3S/c9-5(10)3-12-8-6(4-1-2-4)7(11)13-14-8/h4-5,12H,1-3H2,(H2,11,13). The molecule has 0 aromatic carbocycles. The first-order valence-electron chi connectivity index (χ1n) is 4.45. The highest BCUT2D eigenvalue weighted by Gasteiger charge is 2.30. The summed E-state index contributed by atoms with van der Waals surface area (Å²) >= 11 is 1.17. The molecule has 1 aliphatic carbocycles. The van der Waals surface area contributed by atoms with E-state index in [-0.39, 0.29) is 6.54 Å². The first-order valence-corrected chi connectivity index (χ1v) is 5.23. The van der Waals surface area contributed by atoms with E-state index in [0.717, 1.165) is 18.4 Å². The molecule has 6 heteroatoms. The molecule has 1 aromatic rings. The van der Waals surface area contributed by atoms with Gasteiger partial charge >= 0.3 is 0 Å². The molecule has 0 atom stereocenters. The van der Waals surface area contributed by atoms with Crippen molar-refractivity contribution in [2.45, 2.75) is 25.2 Å². The second-order valence-corrected chi connectivity index (χ2v) is 4.13. The van der Waals surface area contributed by atoms with Crippen molar-refractivity contribution >= 4 is 22.4 Å². The molecule has 0 amide bonds. The summed E-state index contributed by atoms with van der Waals surface area (Å²) in [6.07, 6.45) is -0.164. The zero-order valence-electron chi connectivity index (χ0n) is 7.46. The van der Waals surface area contributed by atoms with Crippen LogP contribution < -0.4 is 11.1 Å². The third-order valence-electron chi connectivity index (χ3n) is 2.16. The van der Waals surface area contributed by atoms with Crippen molar-refractivity contribution < 1.29 is 8.78 Å². The molecule has 1 fully saturated rings. The Morgan fingerprint density at radius 3 is 2.86 bits per heavy atom. The van der Waals surface area contributed by atoms with Crippen molar-refractivity contribution in [3.8, 4) is 0 Å². The lowest BCUT2D eigenvalue weighted by molar-refractivity contribution is 0.163. The number of nitrogen functional groups attached to an aromatic ring is 1. The summed E-state index contributed by atoms with van der Waals surface area (Å²) in [5, 5.41) is 3.39. The second kappa shape index (κ2) is 3.68. The maximum absolute atomic E-state index is 12.0. The lowest BCUT2D eigenvalue weighted by atomic mass is 10.2. The highest BCUT2D eigenvalue weighted by molar-refractivity contribution is 7.10. The smallest absolute Gasteiger partial charge is 0.255 e. The number of nitrogens with one attached hydrogen (secondary N) is 1. The molecular formula is C8H11F2N3S. The summed E-state index contributed by atoms with van der Waals surface area (Å²) in [5.74, 6) is 0.934. The number of alkyl halides is 2. The van der Waals surface area contributed by atoms with Gasteiger partial charge in [-0.1, -0.05) is 0 Å². The summed E-state index contributed by atoms with van der Waals surface area (Å²) in [4.78, 5) is 0. The van der Waals surface area contributed by atoms with Gasteiger partial charge in [0.1, 0.15) is 10.8 Å². The predicted molar refractivity (Wildman–Crippen MR) is 53.0 cm³/mol. The molecule has 0 spiro atoms. The largest absolute Gasteiger partial charge is 0.383 e. The van der Waals surface area contributed by atoms with E-state index in [4.69, 9.17) is 5.73 Å². The van der Waals surface area contributed by atoms with Gasteiger partial charge in [-0.2, -0.15) is 4.37 Å². The fourth-order valence-corrected chi connectivity index (χ4v) is 2.18. The molecule has 14 heavy (non-hydrogen) atoms. The van der Waals surface area contributed by atoms with Crippen LogP contribution in [0.1, 0.15) is 24.3 Å². The summed E-state index contributed by atoms with van der Waals surface area (Å²) in [6.45, 7) is -0.332. The Labute approximate surface area is 84.5 Å². The van der Waals surface area contributed by atoms with Crippen molar-refractivity contribution in [2.75, 3.05) is 17.6 Å². The van der Waals surface area contributed by atoms with Crippen molar-refractivity contribution in [3.05, 3.63) is 5.56 Å². The third kappa shape index (κ3) is 1.95. The van der Waals surface area contributed by atoms with E-state index in [1.807, 2.05) is 0 Å². The Morgan fingerprint density at radius 1 is 1.57 bits per heavy atom. The van der Waals surface area contributed by atoms with Crippen LogP contribution >= 0.6 is 11.5 Å². The lowest BCUT2D eigenvalue weighted by Crippen LogP contribution is -2.10. The van der Waals surface area contributed by atoms with Crippen molar-refractivity contribution in [1.29, 1.82) is 0 Å². The molecule has 1 aliphatic rings. The van der Waals surface area contributed by atoms with Crippen LogP contribution in [0.2, 0.25) is 0 Å². The fraction of sp³-hybridized carbons (Fsp3) is 0.625. The minimum Gasteiger partial charge on any atom is -0.383 e. The number of aromatic nitrogens is 1. The Kier molecular flexibility index (Phi) is 2.54. The lowest BCUT2D eigenvalue weighted by Gasteiger charge is -2.04. The van der Waals surface area contributed by atoms with Crippen molar-refractivity contribution in [1.82, 2.24) is 4.37 Å². The molecule has 0 aliphatic heterocycles. The van der Waals surface area contributed by atoms with E-state index >= 15 is 0 Å². The van der Waals surface area contributed by atoms with Gasteiger partial charge in [-0.25, -0.2) is 8.78 Å². The summed E-state index contributed by atoms with van der Waals surface area (Å²) in [6, 6.07) is 0. The Hall–Kier alpha value is -0.910. The van der Waals surface area contributed by atoms with Gasteiger partial charge in [-0.15, -0.1) is 0 Å². The molecule has 2 rings (SSSR count). The van der Waals surface area contributed by atoms with E-state index < -0.39 is 6.43 Å². The van der Waals surface area contributed by atoms with Gasteiger partial charge in [0.05, 0.1) is 6.54 Å². The van der Waals surface area contributed by atoms with Crippen LogP contribution in [-0.4, -0.2) is 17.3 Å². The van der Waals surface area contributed by atoms with Crippen LogP contribution in [0.25, 0.3) is 0 Å². The number of hydrogen-bond acceptors (Lipinski definition) is 4. The predicted octanol–water partition coefficient (Wildman–Crippen LogP) is 2.28. The number of rotatable bonds is 4. The molecule has 0 unspecified atom stereocenters. The molecule has 0 bridgehead atoms. The van der Waals surface area contributed by atoms with Gasteiger partial charge in [0.15, 0.2) is 0 Å². The Balaban J connectivity index is 2.08. The van der Waals surface area contributed by atoms with Gasteiger partial charge in [-0.3, -0.25) is 0 Å². The van der Waals surface area contributed by atoms with Gasteiger partial charge in [0, 0.05) is 5.56 Å². The molecule has 0 saturated heterocycles. The van der Waals surface area contributed by atoms with Crippen LogP contribution in [0.3, 0.4) is 0 Å². The van der Waals surface area contributed by atoms with Gasteiger partial charge in [-0.05, 0) is 30.3 Å². The van der Waals surface area contributed by atoms with Crippen LogP contribution in [0, 0.1) is 0 Å². The summed E-state index contributed by atoms with van der Waals surface area (Å²) in [5.41, 5.74) is 6.60. The number of halogens is 2. The molecule has 0 radical (unpaired) electrons. The molecule has 78 valence electrons. The van der Waals surface area contributed by atoms with Crippen LogP contribution in [0.5, 0.6) is 0 Å². The quantitative estimate of drug-likeness (QED) is 0.816. The molecule has 3 nitrogen and oxygen atoms in total. The first-order chi connectivity index (χ1) is 6.68. The fourth-order valence-electron chi connectivity index (χ4n) is 1.37. The maximum Gasteiger partial charge on any atom is 0.255 e. The highest BCUT2D eigenvalue weighted by atomic mass is 32.1. The molecule has 1 heterocycles. The number of nitrogens with zero attached hydrogens (tertiary/aromatic N) is 1. The normalized spacial score (nSPS) is 16.2. The minimum atomic E-state index is -2.34. The van der Waals surface area contributed by atoms with E-state index in [1.54, 1.807) is 0 Å². The molecule has 1 aromatic heterocycles. The zero-order valence-corrected chi connectivity index (χ0v) is 8.28. The minimum absolute atomic E-state index is 0.332. The summed E-state index contributed by atoms with van der Waals surface area (Å²) < 4.78 is 27.9. The van der Waals surface area contributed by atoms with E-state index in [0.29, 0.717) is 16.7 Å². The van der Waals surface area contributed by atoms with Crippen LogP contribution in [-0.2, 0) is 0 Å². The SMILES string of the molecule is Nc1nsc(NCC(F)F)c1C1CC1. The van der Waals surface area contributed by atoms with Crippen LogP contribution in [0.15, 0.2) is 0 Å². The number of anilines is 2. The average Bonchev–Trinajstić information content (AvgIpc) is 2.88. The third-order valence-corrected chi connectivity index (χ3v) is 2.99. The highest BCUT2D eigenvalue weighted by Crippen LogP contribution is 2.47. The number of hydrogen-bond donors (Lipinski definition) is 2. The monoisotopic (exact) mass is 219 g/mol. The zero-order chi connectivity index (χ0) is 10.1. The Morgan fingerprint density at radius 2 is 2.29 bits per heavy atom. The Bertz CT molecular complexity index is 322. The molecule has 3 N–H and O–H groups in total. The van der Waals surface area contributed by atoms with Crippen LogP contribution in [0.4, 0.5) is 19.6 Å². The van der Waals surface area contributed by atoms with Gasteiger partial charge in [0.2, 0.25) is 0 Å². The second-order valence-electron chi connectivity index (χ2n) is 3.36. The van der Waals surface area contributed by atoms with Gasteiger partial charge < -0.3 is 11.1 Å². The summed E-state index contributed by atoms with van der Waals surface area (Å²) in [7, 11) is 0. The van der Waals surface area contributed by atoms with Crippen molar-refractivity contribution in [3.63, 3.8) is 0 Å². The number of nitrogens with two attached hydrogens (primary N) is 1. The molecular weight excluding hydrogens is 208 g/mol. The van der Waals surface area contributed by atoms with E-state index in [2.05, 4.69) is 9.69 Å². The maximum atomic E-state index is 12.0. The first kappa shape index (κ1) is 9.64. The van der Waals surface area contributed by atoms with E-state index in [1.165, 1.54) is 11.5 Å². The van der Waals surface area contributed by atoms with Gasteiger partial charge in [0.25, 0.3) is 6.43 Å². The average molecular weight is 219 g/mol. The molecule has 1 saturated carbocycles. The van der Waals surface area contributed by atoms with Crippen molar-refractivity contribution in [2.24, 2.45) is 0 Å². The topological polar surface area (TPSA) is 50.9 Å².